The maximum Gasteiger partial charge on any atom is 0.311 e. The number of anilines is 2. The highest BCUT2D eigenvalue weighted by molar-refractivity contribution is 6.00. The van der Waals surface area contributed by atoms with Crippen molar-refractivity contribution in [3.63, 3.8) is 0 Å². The van der Waals surface area contributed by atoms with Gasteiger partial charge in [-0.25, -0.2) is 0 Å². The number of aryl methyl sites for hydroxylation is 2. The summed E-state index contributed by atoms with van der Waals surface area (Å²) >= 11 is 0. The molecule has 0 radical (unpaired) electrons. The van der Waals surface area contributed by atoms with Crippen LogP contribution in [0.15, 0.2) is 42.5 Å². The second-order valence-corrected chi connectivity index (χ2v) is 7.10. The number of carbonyl (C=O) groups excluding carboxylic acids is 3. The van der Waals surface area contributed by atoms with Crippen LogP contribution >= 0.6 is 0 Å². The zero-order chi connectivity index (χ0) is 20.3. The van der Waals surface area contributed by atoms with Crippen molar-refractivity contribution < 1.29 is 19.1 Å². The third kappa shape index (κ3) is 4.22. The number of carbonyl (C=O) groups is 3. The molecule has 1 aliphatic heterocycles. The Morgan fingerprint density at radius 3 is 2.54 bits per heavy atom. The molecule has 28 heavy (non-hydrogen) atoms. The molecule has 0 saturated carbocycles. The standard InChI is InChI=1S/C22H24N2O4/c1-14-8-6-9-18(16(14)3)23-20(25)13-28-22(27)17-11-21(26)24(12-17)19-10-5-4-7-15(19)2/h4-10,17H,11-13H2,1-3H3,(H,23,25)/t17-/m1/s1. The number of hydrogen-bond acceptors (Lipinski definition) is 4. The van der Waals surface area contributed by atoms with Gasteiger partial charge in [-0.1, -0.05) is 30.3 Å². The molecule has 2 aromatic rings. The maximum absolute atomic E-state index is 12.3. The summed E-state index contributed by atoms with van der Waals surface area (Å²) < 4.78 is 5.16. The number of esters is 1. The normalized spacial score (nSPS) is 16.2. The maximum atomic E-state index is 12.3. The molecule has 1 fully saturated rings. The molecule has 0 aliphatic carbocycles. The van der Waals surface area contributed by atoms with E-state index in [1.54, 1.807) is 11.0 Å². The Hall–Kier alpha value is -3.15. The largest absolute Gasteiger partial charge is 0.455 e. The van der Waals surface area contributed by atoms with Crippen molar-refractivity contribution in [3.8, 4) is 0 Å². The Morgan fingerprint density at radius 1 is 1.07 bits per heavy atom. The molecule has 2 aromatic carbocycles. The van der Waals surface area contributed by atoms with E-state index in [0.29, 0.717) is 5.69 Å². The van der Waals surface area contributed by atoms with E-state index in [9.17, 15) is 14.4 Å². The first kappa shape index (κ1) is 19.6. The Bertz CT molecular complexity index is 923. The lowest BCUT2D eigenvalue weighted by Gasteiger charge is -2.18. The molecule has 1 N–H and O–H groups in total. The van der Waals surface area contributed by atoms with Crippen LogP contribution in [0.25, 0.3) is 0 Å². The average molecular weight is 380 g/mol. The van der Waals surface area contributed by atoms with Crippen LogP contribution in [0.5, 0.6) is 0 Å². The van der Waals surface area contributed by atoms with Crippen molar-refractivity contribution in [1.82, 2.24) is 0 Å². The highest BCUT2D eigenvalue weighted by Crippen LogP contribution is 2.28. The fourth-order valence-electron chi connectivity index (χ4n) is 3.29. The number of nitrogens with zero attached hydrogens (tertiary/aromatic N) is 1. The van der Waals surface area contributed by atoms with Crippen LogP contribution in [0.2, 0.25) is 0 Å². The van der Waals surface area contributed by atoms with Crippen molar-refractivity contribution >= 4 is 29.2 Å². The fourth-order valence-corrected chi connectivity index (χ4v) is 3.29. The van der Waals surface area contributed by atoms with Crippen LogP contribution < -0.4 is 10.2 Å². The van der Waals surface area contributed by atoms with Gasteiger partial charge in [0, 0.05) is 24.3 Å². The lowest BCUT2D eigenvalue weighted by atomic mass is 10.1. The van der Waals surface area contributed by atoms with E-state index < -0.39 is 17.8 Å². The SMILES string of the molecule is Cc1ccccc1N1C[C@H](C(=O)OCC(=O)Nc2cccc(C)c2C)CC1=O. The minimum Gasteiger partial charge on any atom is -0.455 e. The number of benzene rings is 2. The molecule has 0 bridgehead atoms. The topological polar surface area (TPSA) is 75.7 Å². The number of amides is 2. The smallest absolute Gasteiger partial charge is 0.311 e. The second kappa shape index (κ2) is 8.25. The number of hydrogen-bond donors (Lipinski definition) is 1. The first-order valence-corrected chi connectivity index (χ1v) is 9.25. The minimum absolute atomic E-state index is 0.0891. The lowest BCUT2D eigenvalue weighted by Crippen LogP contribution is -2.28. The van der Waals surface area contributed by atoms with Crippen molar-refractivity contribution in [2.24, 2.45) is 5.92 Å². The van der Waals surface area contributed by atoms with E-state index in [0.717, 1.165) is 22.4 Å². The van der Waals surface area contributed by atoms with Gasteiger partial charge in [0.1, 0.15) is 0 Å². The predicted octanol–water partition coefficient (Wildman–Crippen LogP) is 3.15. The van der Waals surface area contributed by atoms with Gasteiger partial charge >= 0.3 is 5.97 Å². The summed E-state index contributed by atoms with van der Waals surface area (Å²) in [4.78, 5) is 38.4. The zero-order valence-electron chi connectivity index (χ0n) is 16.3. The average Bonchev–Trinajstić information content (AvgIpc) is 3.05. The van der Waals surface area contributed by atoms with E-state index in [1.165, 1.54) is 0 Å². The molecular weight excluding hydrogens is 356 g/mol. The van der Waals surface area contributed by atoms with Gasteiger partial charge in [-0.15, -0.1) is 0 Å². The summed E-state index contributed by atoms with van der Waals surface area (Å²) in [6.45, 7) is 5.69. The minimum atomic E-state index is -0.569. The van der Waals surface area contributed by atoms with Gasteiger partial charge in [-0.2, -0.15) is 0 Å². The summed E-state index contributed by atoms with van der Waals surface area (Å²) in [6, 6.07) is 13.2. The number of nitrogens with one attached hydrogen (secondary N) is 1. The lowest BCUT2D eigenvalue weighted by molar-refractivity contribution is -0.151. The molecule has 1 saturated heterocycles. The molecule has 0 aromatic heterocycles. The van der Waals surface area contributed by atoms with Crippen LogP contribution in [0, 0.1) is 26.7 Å². The van der Waals surface area contributed by atoms with Gasteiger partial charge in [-0.3, -0.25) is 14.4 Å². The van der Waals surface area contributed by atoms with Gasteiger partial charge < -0.3 is 15.0 Å². The molecule has 1 aliphatic rings. The zero-order valence-corrected chi connectivity index (χ0v) is 16.3. The van der Waals surface area contributed by atoms with Gasteiger partial charge in [0.15, 0.2) is 6.61 Å². The molecule has 6 nitrogen and oxygen atoms in total. The molecule has 0 unspecified atom stereocenters. The highest BCUT2D eigenvalue weighted by Gasteiger charge is 2.36. The Morgan fingerprint density at radius 2 is 1.79 bits per heavy atom. The van der Waals surface area contributed by atoms with Crippen molar-refractivity contribution in [1.29, 1.82) is 0 Å². The Kier molecular flexibility index (Phi) is 5.78. The molecule has 0 spiro atoms. The van der Waals surface area contributed by atoms with Gasteiger partial charge in [0.2, 0.25) is 5.91 Å². The van der Waals surface area contributed by atoms with E-state index in [2.05, 4.69) is 5.32 Å². The van der Waals surface area contributed by atoms with Crippen LogP contribution in [0.3, 0.4) is 0 Å². The number of rotatable bonds is 5. The Balaban J connectivity index is 1.55. The quantitative estimate of drug-likeness (QED) is 0.809. The first-order valence-electron chi connectivity index (χ1n) is 9.25. The molecule has 1 heterocycles. The Labute approximate surface area is 164 Å². The van der Waals surface area contributed by atoms with Crippen molar-refractivity contribution in [2.75, 3.05) is 23.4 Å². The second-order valence-electron chi connectivity index (χ2n) is 7.10. The predicted molar refractivity (Wildman–Crippen MR) is 107 cm³/mol. The third-order valence-corrected chi connectivity index (χ3v) is 5.09. The molecular formula is C22H24N2O4. The summed E-state index contributed by atoms with van der Waals surface area (Å²) in [6.07, 6.45) is 0.0891. The van der Waals surface area contributed by atoms with Gasteiger partial charge in [0.25, 0.3) is 5.91 Å². The molecule has 2 amide bonds. The molecule has 3 rings (SSSR count). The number of ether oxygens (including phenoxy) is 1. The summed E-state index contributed by atoms with van der Waals surface area (Å²) in [5.74, 6) is -1.61. The van der Waals surface area contributed by atoms with Crippen molar-refractivity contribution in [2.45, 2.75) is 27.2 Å². The van der Waals surface area contributed by atoms with E-state index in [4.69, 9.17) is 4.74 Å². The summed E-state index contributed by atoms with van der Waals surface area (Å²) in [5, 5.41) is 2.75. The van der Waals surface area contributed by atoms with Crippen LogP contribution in [-0.4, -0.2) is 30.9 Å². The van der Waals surface area contributed by atoms with Gasteiger partial charge in [0.05, 0.1) is 5.92 Å². The third-order valence-electron chi connectivity index (χ3n) is 5.09. The van der Waals surface area contributed by atoms with E-state index >= 15 is 0 Å². The first-order chi connectivity index (χ1) is 13.4. The van der Waals surface area contributed by atoms with E-state index in [1.807, 2.05) is 57.2 Å². The van der Waals surface area contributed by atoms with Crippen LogP contribution in [0.4, 0.5) is 11.4 Å². The molecule has 6 heteroatoms. The van der Waals surface area contributed by atoms with Gasteiger partial charge in [-0.05, 0) is 49.6 Å². The number of para-hydroxylation sites is 1. The molecule has 146 valence electrons. The summed E-state index contributed by atoms with van der Waals surface area (Å²) in [5.41, 5.74) is 4.50. The summed E-state index contributed by atoms with van der Waals surface area (Å²) in [7, 11) is 0. The monoisotopic (exact) mass is 380 g/mol. The fraction of sp³-hybridized carbons (Fsp3) is 0.318. The van der Waals surface area contributed by atoms with Crippen LogP contribution in [-0.2, 0) is 19.1 Å². The van der Waals surface area contributed by atoms with Crippen molar-refractivity contribution in [3.05, 3.63) is 59.2 Å². The highest BCUT2D eigenvalue weighted by atomic mass is 16.5. The van der Waals surface area contributed by atoms with E-state index in [-0.39, 0.29) is 25.5 Å². The molecule has 1 atom stereocenters. The van der Waals surface area contributed by atoms with Crippen LogP contribution in [0.1, 0.15) is 23.1 Å².